The van der Waals surface area contributed by atoms with Crippen LogP contribution in [0.3, 0.4) is 0 Å². The Balaban J connectivity index is 1.70. The summed E-state index contributed by atoms with van der Waals surface area (Å²) in [6.45, 7) is 0.896. The summed E-state index contributed by atoms with van der Waals surface area (Å²) >= 11 is 0. The molecule has 0 bridgehead atoms. The van der Waals surface area contributed by atoms with Gasteiger partial charge in [0, 0.05) is 31.3 Å². The van der Waals surface area contributed by atoms with Crippen LogP contribution in [0, 0.1) is 0 Å². The minimum Gasteiger partial charge on any atom is -0.354 e. The van der Waals surface area contributed by atoms with Crippen molar-refractivity contribution in [1.29, 1.82) is 0 Å². The van der Waals surface area contributed by atoms with Crippen molar-refractivity contribution in [1.82, 2.24) is 20.1 Å². The lowest BCUT2D eigenvalue weighted by molar-refractivity contribution is -0.121. The zero-order valence-corrected chi connectivity index (χ0v) is 9.41. The van der Waals surface area contributed by atoms with E-state index in [2.05, 4.69) is 15.4 Å². The summed E-state index contributed by atoms with van der Waals surface area (Å²) in [6.07, 6.45) is 7.74. The van der Waals surface area contributed by atoms with Gasteiger partial charge in [0.25, 0.3) is 0 Å². The second kappa shape index (κ2) is 5.79. The number of carbonyl (C=O) groups excluding carboxylic acids is 1. The Bertz CT molecular complexity index is 453. The Morgan fingerprint density at radius 2 is 2.12 bits per heavy atom. The highest BCUT2D eigenvalue weighted by molar-refractivity contribution is 5.75. The summed E-state index contributed by atoms with van der Waals surface area (Å²) in [5.41, 5.74) is 1.17. The second-order valence-corrected chi connectivity index (χ2v) is 3.66. The fraction of sp³-hybridized carbons (Fsp3) is 0.250. The fourth-order valence-electron chi connectivity index (χ4n) is 1.49. The fourth-order valence-corrected chi connectivity index (χ4v) is 1.49. The summed E-state index contributed by atoms with van der Waals surface area (Å²) in [4.78, 5) is 15.5. The van der Waals surface area contributed by atoms with Crippen LogP contribution < -0.4 is 5.32 Å². The van der Waals surface area contributed by atoms with E-state index in [4.69, 9.17) is 0 Å². The summed E-state index contributed by atoms with van der Waals surface area (Å²) < 4.78 is 1.60. The zero-order chi connectivity index (χ0) is 11.9. The first-order valence-corrected chi connectivity index (χ1v) is 5.47. The van der Waals surface area contributed by atoms with Crippen LogP contribution in [-0.4, -0.2) is 27.2 Å². The van der Waals surface area contributed by atoms with Gasteiger partial charge in [0.1, 0.15) is 6.54 Å². The number of aromatic nitrogens is 3. The SMILES string of the molecule is O=C(Cn1cccn1)NCCc1ccncc1. The summed E-state index contributed by atoms with van der Waals surface area (Å²) in [6, 6.07) is 5.68. The Kier molecular flexibility index (Phi) is 3.85. The number of carbonyl (C=O) groups is 1. The van der Waals surface area contributed by atoms with Crippen molar-refractivity contribution in [2.45, 2.75) is 13.0 Å². The van der Waals surface area contributed by atoms with Crippen molar-refractivity contribution in [2.75, 3.05) is 6.54 Å². The average Bonchev–Trinajstić information content (AvgIpc) is 2.83. The molecule has 0 saturated heterocycles. The second-order valence-electron chi connectivity index (χ2n) is 3.66. The molecule has 2 aromatic heterocycles. The Hall–Kier alpha value is -2.17. The predicted octanol–water partition coefficient (Wildman–Crippen LogP) is 0.637. The predicted molar refractivity (Wildman–Crippen MR) is 63.2 cm³/mol. The number of rotatable bonds is 5. The van der Waals surface area contributed by atoms with Crippen molar-refractivity contribution in [3.8, 4) is 0 Å². The van der Waals surface area contributed by atoms with E-state index in [1.165, 1.54) is 5.56 Å². The van der Waals surface area contributed by atoms with E-state index in [1.807, 2.05) is 12.1 Å². The van der Waals surface area contributed by atoms with Crippen LogP contribution in [0.25, 0.3) is 0 Å². The van der Waals surface area contributed by atoms with E-state index in [1.54, 1.807) is 35.5 Å². The molecule has 0 aliphatic heterocycles. The van der Waals surface area contributed by atoms with Crippen molar-refractivity contribution in [2.24, 2.45) is 0 Å². The lowest BCUT2D eigenvalue weighted by Crippen LogP contribution is -2.29. The largest absolute Gasteiger partial charge is 0.354 e. The van der Waals surface area contributed by atoms with Gasteiger partial charge in [-0.15, -0.1) is 0 Å². The van der Waals surface area contributed by atoms with Crippen molar-refractivity contribution >= 4 is 5.91 Å². The van der Waals surface area contributed by atoms with Gasteiger partial charge in [-0.3, -0.25) is 14.5 Å². The smallest absolute Gasteiger partial charge is 0.241 e. The molecule has 0 fully saturated rings. The number of pyridine rings is 1. The Morgan fingerprint density at radius 1 is 1.29 bits per heavy atom. The quantitative estimate of drug-likeness (QED) is 0.820. The van der Waals surface area contributed by atoms with E-state index >= 15 is 0 Å². The molecule has 0 aliphatic carbocycles. The molecule has 5 nitrogen and oxygen atoms in total. The van der Waals surface area contributed by atoms with E-state index in [0.29, 0.717) is 6.54 Å². The Labute approximate surface area is 99.5 Å². The summed E-state index contributed by atoms with van der Waals surface area (Å²) in [5, 5.41) is 6.82. The number of nitrogens with zero attached hydrogens (tertiary/aromatic N) is 3. The molecule has 0 atom stereocenters. The van der Waals surface area contributed by atoms with Gasteiger partial charge in [0.15, 0.2) is 0 Å². The van der Waals surface area contributed by atoms with Crippen LogP contribution in [-0.2, 0) is 17.8 Å². The van der Waals surface area contributed by atoms with Crippen molar-refractivity contribution < 1.29 is 4.79 Å². The molecular weight excluding hydrogens is 216 g/mol. The molecule has 2 rings (SSSR count). The zero-order valence-electron chi connectivity index (χ0n) is 9.41. The summed E-state index contributed by atoms with van der Waals surface area (Å²) in [5.74, 6) is -0.0252. The van der Waals surface area contributed by atoms with E-state index in [-0.39, 0.29) is 12.5 Å². The molecule has 0 unspecified atom stereocenters. The number of hydrogen-bond donors (Lipinski definition) is 1. The Morgan fingerprint density at radius 3 is 2.82 bits per heavy atom. The summed E-state index contributed by atoms with van der Waals surface area (Å²) in [7, 11) is 0. The molecule has 2 heterocycles. The van der Waals surface area contributed by atoms with Gasteiger partial charge in [-0.2, -0.15) is 5.10 Å². The molecule has 88 valence electrons. The third-order valence-electron chi connectivity index (χ3n) is 2.35. The maximum atomic E-state index is 11.5. The highest BCUT2D eigenvalue weighted by atomic mass is 16.2. The van der Waals surface area contributed by atoms with Crippen LogP contribution in [0.1, 0.15) is 5.56 Å². The van der Waals surface area contributed by atoms with Crippen LogP contribution in [0.4, 0.5) is 0 Å². The first kappa shape index (κ1) is 11.3. The molecule has 0 aliphatic rings. The normalized spacial score (nSPS) is 10.1. The van der Waals surface area contributed by atoms with Gasteiger partial charge in [-0.05, 0) is 30.2 Å². The highest BCUT2D eigenvalue weighted by Gasteiger charge is 2.01. The van der Waals surface area contributed by atoms with Crippen LogP contribution in [0.15, 0.2) is 43.0 Å². The minimum atomic E-state index is -0.0252. The standard InChI is InChI=1S/C12H14N4O/c17-12(10-16-9-1-5-15-16)14-8-4-11-2-6-13-7-3-11/h1-3,5-7,9H,4,8,10H2,(H,14,17). The maximum absolute atomic E-state index is 11.5. The third-order valence-corrected chi connectivity index (χ3v) is 2.35. The first-order valence-electron chi connectivity index (χ1n) is 5.47. The van der Waals surface area contributed by atoms with Crippen LogP contribution in [0.2, 0.25) is 0 Å². The monoisotopic (exact) mass is 230 g/mol. The molecule has 1 amide bonds. The molecule has 17 heavy (non-hydrogen) atoms. The van der Waals surface area contributed by atoms with Gasteiger partial charge >= 0.3 is 0 Å². The third kappa shape index (κ3) is 3.71. The molecule has 2 aromatic rings. The van der Waals surface area contributed by atoms with E-state index in [9.17, 15) is 4.79 Å². The molecule has 0 saturated carbocycles. The molecule has 0 radical (unpaired) electrons. The van der Waals surface area contributed by atoms with Gasteiger partial charge < -0.3 is 5.32 Å². The van der Waals surface area contributed by atoms with Crippen molar-refractivity contribution in [3.63, 3.8) is 0 Å². The molecule has 1 N–H and O–H groups in total. The highest BCUT2D eigenvalue weighted by Crippen LogP contribution is 1.95. The number of amides is 1. The molecule has 5 heteroatoms. The topological polar surface area (TPSA) is 59.8 Å². The molecular formula is C12H14N4O. The van der Waals surface area contributed by atoms with Crippen LogP contribution in [0.5, 0.6) is 0 Å². The maximum Gasteiger partial charge on any atom is 0.241 e. The van der Waals surface area contributed by atoms with Gasteiger partial charge in [0.05, 0.1) is 0 Å². The molecule has 0 aromatic carbocycles. The number of hydrogen-bond acceptors (Lipinski definition) is 3. The molecule has 0 spiro atoms. The van der Waals surface area contributed by atoms with Gasteiger partial charge in [-0.25, -0.2) is 0 Å². The lowest BCUT2D eigenvalue weighted by Gasteiger charge is -2.05. The van der Waals surface area contributed by atoms with E-state index in [0.717, 1.165) is 6.42 Å². The van der Waals surface area contributed by atoms with Crippen molar-refractivity contribution in [3.05, 3.63) is 48.5 Å². The van der Waals surface area contributed by atoms with Crippen LogP contribution >= 0.6 is 0 Å². The van der Waals surface area contributed by atoms with Gasteiger partial charge in [-0.1, -0.05) is 0 Å². The minimum absolute atomic E-state index is 0.0252. The first-order chi connectivity index (χ1) is 8.34. The van der Waals surface area contributed by atoms with Gasteiger partial charge in [0.2, 0.25) is 5.91 Å². The lowest BCUT2D eigenvalue weighted by atomic mass is 10.2. The van der Waals surface area contributed by atoms with E-state index < -0.39 is 0 Å². The average molecular weight is 230 g/mol. The number of nitrogens with one attached hydrogen (secondary N) is 1.